The molecule has 1 fully saturated rings. The number of aromatic nitrogens is 3. The molecule has 134 valence electrons. The van der Waals surface area contributed by atoms with Gasteiger partial charge in [-0.05, 0) is 49.2 Å². The first-order valence-electron chi connectivity index (χ1n) is 8.69. The number of halogens is 1. The van der Waals surface area contributed by atoms with Gasteiger partial charge in [0.2, 0.25) is 11.7 Å². The van der Waals surface area contributed by atoms with Crippen molar-refractivity contribution >= 4 is 17.4 Å². The van der Waals surface area contributed by atoms with Gasteiger partial charge in [0.15, 0.2) is 0 Å². The third-order valence-corrected chi connectivity index (χ3v) is 4.92. The maximum atomic E-state index is 5.98. The third-order valence-electron chi connectivity index (χ3n) is 4.67. The van der Waals surface area contributed by atoms with Crippen LogP contribution >= 0.6 is 11.6 Å². The molecule has 4 rings (SSSR count). The molecule has 1 N–H and O–H groups in total. The number of rotatable bonds is 5. The molecule has 26 heavy (non-hydrogen) atoms. The summed E-state index contributed by atoms with van der Waals surface area (Å²) in [6.07, 6.45) is 3.89. The predicted octanol–water partition coefficient (Wildman–Crippen LogP) is 4.16. The van der Waals surface area contributed by atoms with Crippen molar-refractivity contribution in [1.82, 2.24) is 20.0 Å². The van der Waals surface area contributed by atoms with E-state index in [4.69, 9.17) is 16.1 Å². The summed E-state index contributed by atoms with van der Waals surface area (Å²) in [6, 6.07) is 12.0. The molecular formula is C19H20ClN5O. The van der Waals surface area contributed by atoms with Crippen LogP contribution in [0.1, 0.15) is 30.3 Å². The Kier molecular flexibility index (Phi) is 4.86. The van der Waals surface area contributed by atoms with E-state index >= 15 is 0 Å². The number of pyridine rings is 1. The zero-order valence-electron chi connectivity index (χ0n) is 14.5. The van der Waals surface area contributed by atoms with Gasteiger partial charge >= 0.3 is 0 Å². The number of benzene rings is 1. The summed E-state index contributed by atoms with van der Waals surface area (Å²) < 4.78 is 5.58. The van der Waals surface area contributed by atoms with Crippen molar-refractivity contribution in [2.24, 2.45) is 0 Å². The molecule has 0 radical (unpaired) electrons. The Labute approximate surface area is 157 Å². The highest BCUT2D eigenvalue weighted by Gasteiger charge is 2.30. The van der Waals surface area contributed by atoms with Crippen molar-refractivity contribution < 1.29 is 4.52 Å². The average Bonchev–Trinajstić information content (AvgIpc) is 3.33. The number of anilines is 1. The van der Waals surface area contributed by atoms with Gasteiger partial charge in [-0.15, -0.1) is 0 Å². The van der Waals surface area contributed by atoms with E-state index in [1.165, 1.54) is 5.56 Å². The van der Waals surface area contributed by atoms with Crippen LogP contribution in [-0.2, 0) is 6.54 Å². The molecule has 0 spiro atoms. The van der Waals surface area contributed by atoms with E-state index in [9.17, 15) is 0 Å². The van der Waals surface area contributed by atoms with Crippen LogP contribution in [0, 0.1) is 0 Å². The fourth-order valence-corrected chi connectivity index (χ4v) is 3.41. The lowest BCUT2D eigenvalue weighted by Crippen LogP contribution is -2.23. The fourth-order valence-electron chi connectivity index (χ4n) is 3.28. The van der Waals surface area contributed by atoms with Crippen molar-refractivity contribution in [2.45, 2.75) is 25.4 Å². The topological polar surface area (TPSA) is 67.1 Å². The largest absolute Gasteiger partial charge is 0.373 e. The van der Waals surface area contributed by atoms with Crippen molar-refractivity contribution in [3.05, 3.63) is 59.1 Å². The minimum Gasteiger partial charge on any atom is -0.373 e. The van der Waals surface area contributed by atoms with Gasteiger partial charge in [0.25, 0.3) is 0 Å². The van der Waals surface area contributed by atoms with Gasteiger partial charge in [0.1, 0.15) is 5.82 Å². The van der Waals surface area contributed by atoms with Crippen molar-refractivity contribution in [1.29, 1.82) is 0 Å². The van der Waals surface area contributed by atoms with Crippen LogP contribution in [0.4, 0.5) is 5.82 Å². The number of nitrogens with one attached hydrogen (secondary N) is 1. The van der Waals surface area contributed by atoms with Gasteiger partial charge in [0, 0.05) is 30.4 Å². The Morgan fingerprint density at radius 1 is 1.23 bits per heavy atom. The van der Waals surface area contributed by atoms with Crippen LogP contribution in [0.15, 0.2) is 47.1 Å². The lowest BCUT2D eigenvalue weighted by Gasteiger charge is -2.21. The summed E-state index contributed by atoms with van der Waals surface area (Å²) in [7, 11) is 1.84. The maximum Gasteiger partial charge on any atom is 0.244 e. The molecule has 3 heterocycles. The second-order valence-corrected chi connectivity index (χ2v) is 6.83. The van der Waals surface area contributed by atoms with Crippen LogP contribution in [0.5, 0.6) is 0 Å². The summed E-state index contributed by atoms with van der Waals surface area (Å²) >= 11 is 5.98. The van der Waals surface area contributed by atoms with Crippen LogP contribution in [-0.4, -0.2) is 33.6 Å². The van der Waals surface area contributed by atoms with Gasteiger partial charge in [-0.2, -0.15) is 4.98 Å². The molecule has 6 nitrogen and oxygen atoms in total. The van der Waals surface area contributed by atoms with E-state index in [2.05, 4.69) is 37.5 Å². The van der Waals surface area contributed by atoms with E-state index in [1.54, 1.807) is 6.20 Å². The number of hydrogen-bond donors (Lipinski definition) is 1. The molecule has 2 aromatic heterocycles. The van der Waals surface area contributed by atoms with Crippen LogP contribution in [0.3, 0.4) is 0 Å². The van der Waals surface area contributed by atoms with Crippen LogP contribution in [0.2, 0.25) is 5.02 Å². The van der Waals surface area contributed by atoms with Crippen molar-refractivity contribution in [3.63, 3.8) is 0 Å². The zero-order valence-corrected chi connectivity index (χ0v) is 15.3. The first-order chi connectivity index (χ1) is 12.7. The fraction of sp³-hybridized carbons (Fsp3) is 0.316. The van der Waals surface area contributed by atoms with E-state index in [1.807, 2.05) is 31.3 Å². The van der Waals surface area contributed by atoms with E-state index < -0.39 is 0 Å². The van der Waals surface area contributed by atoms with Gasteiger partial charge in [-0.3, -0.25) is 4.90 Å². The normalized spacial score (nSPS) is 17.5. The first kappa shape index (κ1) is 17.0. The van der Waals surface area contributed by atoms with Crippen LogP contribution in [0.25, 0.3) is 11.4 Å². The summed E-state index contributed by atoms with van der Waals surface area (Å²) in [6.45, 7) is 1.86. The van der Waals surface area contributed by atoms with Gasteiger partial charge in [0.05, 0.1) is 6.04 Å². The summed E-state index contributed by atoms with van der Waals surface area (Å²) in [5.41, 5.74) is 2.08. The molecule has 1 aliphatic heterocycles. The van der Waals surface area contributed by atoms with Gasteiger partial charge < -0.3 is 9.84 Å². The highest BCUT2D eigenvalue weighted by molar-refractivity contribution is 6.30. The number of hydrogen-bond acceptors (Lipinski definition) is 6. The van der Waals surface area contributed by atoms with Crippen LogP contribution < -0.4 is 5.32 Å². The monoisotopic (exact) mass is 369 g/mol. The van der Waals surface area contributed by atoms with E-state index in [-0.39, 0.29) is 6.04 Å². The molecule has 1 aromatic carbocycles. The van der Waals surface area contributed by atoms with Gasteiger partial charge in [-0.25, -0.2) is 4.98 Å². The molecule has 7 heteroatoms. The third kappa shape index (κ3) is 3.57. The lowest BCUT2D eigenvalue weighted by atomic mass is 10.2. The van der Waals surface area contributed by atoms with E-state index in [0.29, 0.717) is 11.7 Å². The molecule has 0 bridgehead atoms. The lowest BCUT2D eigenvalue weighted by molar-refractivity contribution is 0.201. The summed E-state index contributed by atoms with van der Waals surface area (Å²) in [5.74, 6) is 2.06. The maximum absolute atomic E-state index is 5.98. The Morgan fingerprint density at radius 2 is 2.08 bits per heavy atom. The quantitative estimate of drug-likeness (QED) is 0.728. The number of likely N-dealkylation sites (tertiary alicyclic amines) is 1. The smallest absolute Gasteiger partial charge is 0.244 e. The molecule has 1 atom stereocenters. The van der Waals surface area contributed by atoms with Crippen molar-refractivity contribution in [3.8, 4) is 11.4 Å². The standard InChI is InChI=1S/C19H20ClN5O/c1-21-17-9-6-14(11-22-17)18-23-19(26-24-18)16-3-2-10-25(16)12-13-4-7-15(20)8-5-13/h4-9,11,16H,2-3,10,12H2,1H3,(H,21,22)/t16-/m1/s1. The summed E-state index contributed by atoms with van der Waals surface area (Å²) in [5, 5.41) is 7.90. The second-order valence-electron chi connectivity index (χ2n) is 6.39. The van der Waals surface area contributed by atoms with Crippen molar-refractivity contribution in [2.75, 3.05) is 18.9 Å². The average molecular weight is 370 g/mol. The Morgan fingerprint density at radius 3 is 2.81 bits per heavy atom. The molecule has 3 aromatic rings. The SMILES string of the molecule is CNc1ccc(-c2noc([C@H]3CCCN3Cc3ccc(Cl)cc3)n2)cn1. The Balaban J connectivity index is 1.51. The Hall–Kier alpha value is -2.44. The molecule has 1 aliphatic rings. The molecule has 0 saturated carbocycles. The molecule has 1 saturated heterocycles. The highest BCUT2D eigenvalue weighted by atomic mass is 35.5. The second kappa shape index (κ2) is 7.43. The first-order valence-corrected chi connectivity index (χ1v) is 9.07. The molecular weight excluding hydrogens is 350 g/mol. The number of nitrogens with zero attached hydrogens (tertiary/aromatic N) is 4. The van der Waals surface area contributed by atoms with Gasteiger partial charge in [-0.1, -0.05) is 28.9 Å². The zero-order chi connectivity index (χ0) is 17.9. The predicted molar refractivity (Wildman–Crippen MR) is 101 cm³/mol. The minimum absolute atomic E-state index is 0.150. The molecule has 0 unspecified atom stereocenters. The Bertz CT molecular complexity index is 862. The van der Waals surface area contributed by atoms with E-state index in [0.717, 1.165) is 42.3 Å². The molecule has 0 aliphatic carbocycles. The minimum atomic E-state index is 0.150. The highest BCUT2D eigenvalue weighted by Crippen LogP contribution is 2.33. The molecule has 0 amide bonds. The summed E-state index contributed by atoms with van der Waals surface area (Å²) in [4.78, 5) is 11.3.